The van der Waals surface area contributed by atoms with Crippen molar-refractivity contribution in [2.75, 3.05) is 38.2 Å². The van der Waals surface area contributed by atoms with Gasteiger partial charge in [-0.1, -0.05) is 6.42 Å². The average Bonchev–Trinajstić information content (AvgIpc) is 3.49. The third-order valence-corrected chi connectivity index (χ3v) is 8.26. The second kappa shape index (κ2) is 9.44. The molecule has 1 N–H and O–H groups in total. The van der Waals surface area contributed by atoms with Gasteiger partial charge in [0.25, 0.3) is 0 Å². The molecular formula is C27H32FN5O3. The number of methoxy groups -OCH3 is 1. The van der Waals surface area contributed by atoms with E-state index >= 15 is 0 Å². The highest BCUT2D eigenvalue weighted by molar-refractivity contribution is 5.98. The zero-order valence-corrected chi connectivity index (χ0v) is 20.6. The number of aromatic nitrogens is 3. The van der Waals surface area contributed by atoms with Crippen LogP contribution in [0.1, 0.15) is 60.6 Å². The number of halogens is 1. The lowest BCUT2D eigenvalue weighted by atomic mass is 9.82. The summed E-state index contributed by atoms with van der Waals surface area (Å²) in [6, 6.07) is 8.36. The molecule has 0 amide bonds. The van der Waals surface area contributed by atoms with Crippen molar-refractivity contribution in [1.29, 1.82) is 0 Å². The number of piperidine rings is 1. The van der Waals surface area contributed by atoms with Crippen LogP contribution in [0.2, 0.25) is 0 Å². The lowest BCUT2D eigenvalue weighted by Gasteiger charge is -2.38. The topological polar surface area (TPSA) is 83.7 Å². The number of likely N-dealkylation sites (tertiary alicyclic amines) is 1. The minimum atomic E-state index is -1.06. The molecule has 190 valence electrons. The Kier molecular flexibility index (Phi) is 6.13. The summed E-state index contributed by atoms with van der Waals surface area (Å²) in [7, 11) is 1.79. The number of hydrogen-bond donors (Lipinski definition) is 1. The third kappa shape index (κ3) is 4.14. The van der Waals surface area contributed by atoms with Gasteiger partial charge in [0.05, 0.1) is 28.6 Å². The number of benzene rings is 1. The lowest BCUT2D eigenvalue weighted by molar-refractivity contribution is 0.0691. The van der Waals surface area contributed by atoms with Crippen LogP contribution in [0.4, 0.5) is 10.1 Å². The predicted molar refractivity (Wildman–Crippen MR) is 135 cm³/mol. The zero-order chi connectivity index (χ0) is 24.8. The molecule has 36 heavy (non-hydrogen) atoms. The summed E-state index contributed by atoms with van der Waals surface area (Å²) in [6.45, 7) is 3.76. The molecule has 2 aliphatic heterocycles. The predicted octanol–water partition coefficient (Wildman–Crippen LogP) is 4.21. The molecule has 2 saturated heterocycles. The molecule has 9 heteroatoms. The van der Waals surface area contributed by atoms with Crippen molar-refractivity contribution in [1.82, 2.24) is 19.7 Å². The Bertz CT molecular complexity index is 1260. The molecule has 2 aromatic heterocycles. The van der Waals surface area contributed by atoms with Crippen LogP contribution in [0.3, 0.4) is 0 Å². The van der Waals surface area contributed by atoms with Crippen LogP contribution in [-0.2, 0) is 4.74 Å². The number of rotatable bonds is 6. The standard InChI is InChI=1S/C27H32FN5O3/c1-36-21-11-14-32(16-21)19-9-12-31(13-10-19)23-15-22(27(34)35)29-26-24(23)25(17-3-2-4-17)30-33(26)20-7-5-18(28)6-8-20/h5-8,15,17,19,21H,2-4,9-14,16H2,1H3,(H,34,35). The number of nitrogens with zero attached hydrogens (tertiary/aromatic N) is 5. The van der Waals surface area contributed by atoms with Gasteiger partial charge in [-0.25, -0.2) is 18.9 Å². The van der Waals surface area contributed by atoms with E-state index in [1.807, 2.05) is 0 Å². The first-order valence-corrected chi connectivity index (χ1v) is 13.0. The van der Waals surface area contributed by atoms with Crippen LogP contribution in [0.25, 0.3) is 16.7 Å². The van der Waals surface area contributed by atoms with Gasteiger partial charge < -0.3 is 14.7 Å². The number of ether oxygens (including phenoxy) is 1. The molecule has 0 radical (unpaired) electrons. The Morgan fingerprint density at radius 2 is 1.83 bits per heavy atom. The van der Waals surface area contributed by atoms with Crippen LogP contribution in [-0.4, -0.2) is 76.2 Å². The SMILES string of the molecule is COC1CCN(C2CCN(c3cc(C(=O)O)nc4c3c(C3CCC3)nn4-c3ccc(F)cc3)CC2)C1. The maximum absolute atomic E-state index is 13.6. The Morgan fingerprint density at radius 1 is 1.08 bits per heavy atom. The van der Waals surface area contributed by atoms with Gasteiger partial charge in [0, 0.05) is 45.2 Å². The van der Waals surface area contributed by atoms with Crippen LogP contribution >= 0.6 is 0 Å². The Balaban J connectivity index is 1.39. The molecule has 1 atom stereocenters. The van der Waals surface area contributed by atoms with Crippen molar-refractivity contribution in [3.63, 3.8) is 0 Å². The number of anilines is 1. The molecule has 1 aliphatic carbocycles. The van der Waals surface area contributed by atoms with Gasteiger partial charge in [-0.15, -0.1) is 0 Å². The van der Waals surface area contributed by atoms with E-state index in [4.69, 9.17) is 9.84 Å². The molecule has 4 heterocycles. The molecule has 0 spiro atoms. The Morgan fingerprint density at radius 3 is 2.44 bits per heavy atom. The maximum Gasteiger partial charge on any atom is 0.354 e. The summed E-state index contributed by atoms with van der Waals surface area (Å²) < 4.78 is 20.9. The molecule has 1 saturated carbocycles. The third-order valence-electron chi connectivity index (χ3n) is 8.26. The summed E-state index contributed by atoms with van der Waals surface area (Å²) in [4.78, 5) is 21.5. The highest BCUT2D eigenvalue weighted by Gasteiger charge is 2.34. The highest BCUT2D eigenvalue weighted by atomic mass is 19.1. The fourth-order valence-electron chi connectivity index (χ4n) is 5.96. The van der Waals surface area contributed by atoms with E-state index in [0.29, 0.717) is 29.4 Å². The van der Waals surface area contributed by atoms with E-state index in [-0.39, 0.29) is 11.5 Å². The molecule has 8 nitrogen and oxygen atoms in total. The van der Waals surface area contributed by atoms with Gasteiger partial charge in [-0.2, -0.15) is 5.10 Å². The second-order valence-electron chi connectivity index (χ2n) is 10.3. The van der Waals surface area contributed by atoms with E-state index in [1.54, 1.807) is 30.0 Å². The quantitative estimate of drug-likeness (QED) is 0.551. The molecular weight excluding hydrogens is 461 g/mol. The van der Waals surface area contributed by atoms with Crippen molar-refractivity contribution in [2.24, 2.45) is 0 Å². The summed E-state index contributed by atoms with van der Waals surface area (Å²) in [6.07, 6.45) is 6.73. The van der Waals surface area contributed by atoms with Gasteiger partial charge in [0.2, 0.25) is 0 Å². The second-order valence-corrected chi connectivity index (χ2v) is 10.3. The number of fused-ring (bicyclic) bond motifs is 1. The first-order valence-electron chi connectivity index (χ1n) is 13.0. The van der Waals surface area contributed by atoms with Crippen molar-refractivity contribution < 1.29 is 19.0 Å². The van der Waals surface area contributed by atoms with Crippen LogP contribution < -0.4 is 4.90 Å². The van der Waals surface area contributed by atoms with Crippen LogP contribution in [0.15, 0.2) is 30.3 Å². The van der Waals surface area contributed by atoms with Crippen LogP contribution in [0, 0.1) is 5.82 Å². The van der Waals surface area contributed by atoms with E-state index < -0.39 is 5.97 Å². The van der Waals surface area contributed by atoms with Crippen molar-refractivity contribution >= 4 is 22.7 Å². The molecule has 3 fully saturated rings. The number of pyridine rings is 1. The molecule has 3 aliphatic rings. The van der Waals surface area contributed by atoms with Gasteiger partial charge >= 0.3 is 5.97 Å². The summed E-state index contributed by atoms with van der Waals surface area (Å²) in [5.41, 5.74) is 3.09. The first kappa shape index (κ1) is 23.4. The molecule has 3 aromatic rings. The lowest BCUT2D eigenvalue weighted by Crippen LogP contribution is -2.44. The largest absolute Gasteiger partial charge is 0.477 e. The number of carboxylic acid groups (broad SMARTS) is 1. The minimum absolute atomic E-state index is 0.00511. The van der Waals surface area contributed by atoms with E-state index in [0.717, 1.165) is 81.5 Å². The number of hydrogen-bond acceptors (Lipinski definition) is 6. The van der Waals surface area contributed by atoms with Crippen molar-refractivity contribution in [2.45, 2.75) is 56.6 Å². The molecule has 0 bridgehead atoms. The van der Waals surface area contributed by atoms with Gasteiger partial charge in [0.15, 0.2) is 11.3 Å². The highest BCUT2D eigenvalue weighted by Crippen LogP contribution is 2.43. The Hall–Kier alpha value is -3.04. The molecule has 6 rings (SSSR count). The number of carboxylic acids is 1. The first-order chi connectivity index (χ1) is 17.5. The van der Waals surface area contributed by atoms with E-state index in [9.17, 15) is 14.3 Å². The van der Waals surface area contributed by atoms with Crippen LogP contribution in [0.5, 0.6) is 0 Å². The molecule has 1 aromatic carbocycles. The summed E-state index contributed by atoms with van der Waals surface area (Å²) in [5.74, 6) is -1.06. The van der Waals surface area contributed by atoms with Gasteiger partial charge in [-0.3, -0.25) is 4.90 Å². The zero-order valence-electron chi connectivity index (χ0n) is 20.6. The van der Waals surface area contributed by atoms with Gasteiger partial charge in [0.1, 0.15) is 5.82 Å². The maximum atomic E-state index is 13.6. The van der Waals surface area contributed by atoms with Crippen molar-refractivity contribution in [3.05, 3.63) is 47.5 Å². The normalized spacial score (nSPS) is 21.8. The van der Waals surface area contributed by atoms with Gasteiger partial charge in [-0.05, 0) is 62.4 Å². The number of carbonyl (C=O) groups is 1. The summed E-state index contributed by atoms with van der Waals surface area (Å²) >= 11 is 0. The van der Waals surface area contributed by atoms with Crippen molar-refractivity contribution in [3.8, 4) is 5.69 Å². The average molecular weight is 494 g/mol. The molecule has 1 unspecified atom stereocenters. The monoisotopic (exact) mass is 493 g/mol. The smallest absolute Gasteiger partial charge is 0.354 e. The summed E-state index contributed by atoms with van der Waals surface area (Å²) in [5, 5.41) is 15.8. The minimum Gasteiger partial charge on any atom is -0.477 e. The Labute approximate surface area is 209 Å². The number of aromatic carboxylic acids is 1. The fraction of sp³-hybridized carbons (Fsp3) is 0.519. The van der Waals surface area contributed by atoms with E-state index in [1.165, 1.54) is 12.1 Å². The fourth-order valence-corrected chi connectivity index (χ4v) is 5.96. The van der Waals surface area contributed by atoms with E-state index in [2.05, 4.69) is 14.8 Å².